The second-order valence-corrected chi connectivity index (χ2v) is 7.35. The van der Waals surface area contributed by atoms with Gasteiger partial charge in [0, 0.05) is 15.9 Å². The number of esters is 1. The van der Waals surface area contributed by atoms with Crippen LogP contribution < -0.4 is 20.9 Å². The molecule has 2 rings (SSSR count). The Bertz CT molecular complexity index is 960. The van der Waals surface area contributed by atoms with Crippen molar-refractivity contribution in [2.45, 2.75) is 20.3 Å². The number of anilines is 1. The molecular formula is C22H24BrN3O5. The molecule has 164 valence electrons. The number of nitrogens with one attached hydrogen (secondary N) is 3. The molecule has 0 spiro atoms. The number of ether oxygens (including phenoxy) is 2. The fourth-order valence-electron chi connectivity index (χ4n) is 2.40. The number of hydrogen-bond donors (Lipinski definition) is 3. The first kappa shape index (κ1) is 23.9. The normalized spacial score (nSPS) is 10.0. The van der Waals surface area contributed by atoms with Gasteiger partial charge in [-0.1, -0.05) is 22.5 Å². The van der Waals surface area contributed by atoms with Crippen molar-refractivity contribution in [1.29, 1.82) is 0 Å². The number of benzene rings is 2. The lowest BCUT2D eigenvalue weighted by Crippen LogP contribution is -2.40. The Morgan fingerprint density at radius 2 is 1.74 bits per heavy atom. The maximum absolute atomic E-state index is 12.1. The largest absolute Gasteiger partial charge is 0.484 e. The summed E-state index contributed by atoms with van der Waals surface area (Å²) in [5, 5.41) is 2.68. The van der Waals surface area contributed by atoms with Gasteiger partial charge >= 0.3 is 5.97 Å². The molecule has 3 N–H and O–H groups in total. The molecule has 0 fully saturated rings. The Labute approximate surface area is 189 Å². The molecule has 0 radical (unpaired) electrons. The molecule has 0 saturated heterocycles. The fourth-order valence-corrected chi connectivity index (χ4v) is 2.64. The van der Waals surface area contributed by atoms with E-state index in [0.717, 1.165) is 10.0 Å². The van der Waals surface area contributed by atoms with Crippen LogP contribution in [0.2, 0.25) is 0 Å². The molecule has 2 aromatic rings. The molecule has 0 heterocycles. The van der Waals surface area contributed by atoms with Crippen LogP contribution in [0, 0.1) is 6.92 Å². The molecule has 31 heavy (non-hydrogen) atoms. The lowest BCUT2D eigenvalue weighted by atomic mass is 10.2. The zero-order valence-electron chi connectivity index (χ0n) is 17.3. The van der Waals surface area contributed by atoms with E-state index < -0.39 is 11.9 Å². The van der Waals surface area contributed by atoms with E-state index in [-0.39, 0.29) is 18.9 Å². The summed E-state index contributed by atoms with van der Waals surface area (Å²) in [6.45, 7) is 7.46. The Balaban J connectivity index is 1.71. The van der Waals surface area contributed by atoms with Crippen LogP contribution in [0.1, 0.15) is 29.3 Å². The number of amides is 2. The summed E-state index contributed by atoms with van der Waals surface area (Å²) in [5.74, 6) is -0.607. The number of halogens is 1. The standard InChI is InChI=1S/C22H24BrN3O5/c1-4-30-22(29)16-5-7-17(8-6-16)24-20(27)12-15(3)25-26-21(28)13-31-18-9-10-19(23)14(2)11-18/h5-11,25H,3-4,12-13H2,1-2H3,(H,24,27)(H,26,28). The molecule has 0 aliphatic rings. The molecule has 0 aliphatic heterocycles. The van der Waals surface area contributed by atoms with Crippen molar-refractivity contribution in [3.05, 3.63) is 70.3 Å². The summed E-state index contributed by atoms with van der Waals surface area (Å²) in [4.78, 5) is 35.6. The molecule has 0 atom stereocenters. The van der Waals surface area contributed by atoms with Gasteiger partial charge in [-0.15, -0.1) is 0 Å². The lowest BCUT2D eigenvalue weighted by Gasteiger charge is -2.12. The number of hydrazine groups is 1. The zero-order chi connectivity index (χ0) is 22.8. The van der Waals surface area contributed by atoms with Gasteiger partial charge in [0.15, 0.2) is 6.61 Å². The molecule has 0 aromatic heterocycles. The van der Waals surface area contributed by atoms with E-state index in [1.165, 1.54) is 0 Å². The molecule has 0 aliphatic carbocycles. The van der Waals surface area contributed by atoms with Crippen LogP contribution in [-0.4, -0.2) is 31.0 Å². The van der Waals surface area contributed by atoms with Crippen molar-refractivity contribution >= 4 is 39.4 Å². The minimum Gasteiger partial charge on any atom is -0.484 e. The van der Waals surface area contributed by atoms with Crippen LogP contribution in [0.4, 0.5) is 5.69 Å². The first-order valence-electron chi connectivity index (χ1n) is 9.47. The topological polar surface area (TPSA) is 106 Å². The van der Waals surface area contributed by atoms with E-state index in [4.69, 9.17) is 9.47 Å². The Morgan fingerprint density at radius 1 is 1.03 bits per heavy atom. The van der Waals surface area contributed by atoms with Crippen LogP contribution in [0.15, 0.2) is 59.2 Å². The number of carbonyl (C=O) groups is 3. The molecule has 9 heteroatoms. The minimum absolute atomic E-state index is 0.0628. The van der Waals surface area contributed by atoms with Gasteiger partial charge in [0.25, 0.3) is 5.91 Å². The molecular weight excluding hydrogens is 466 g/mol. The van der Waals surface area contributed by atoms with Crippen molar-refractivity contribution in [2.75, 3.05) is 18.5 Å². The van der Waals surface area contributed by atoms with Crippen molar-refractivity contribution in [1.82, 2.24) is 10.9 Å². The number of carbonyl (C=O) groups excluding carboxylic acids is 3. The first-order chi connectivity index (χ1) is 14.8. The summed E-state index contributed by atoms with van der Waals surface area (Å²) in [6.07, 6.45) is -0.0628. The summed E-state index contributed by atoms with van der Waals surface area (Å²) < 4.78 is 11.3. The summed E-state index contributed by atoms with van der Waals surface area (Å²) in [6, 6.07) is 11.7. The van der Waals surface area contributed by atoms with Crippen LogP contribution in [0.3, 0.4) is 0 Å². The number of hydrogen-bond acceptors (Lipinski definition) is 6. The van der Waals surface area contributed by atoms with Gasteiger partial charge in [0.2, 0.25) is 5.91 Å². The van der Waals surface area contributed by atoms with Gasteiger partial charge in [0.1, 0.15) is 5.75 Å². The van der Waals surface area contributed by atoms with Gasteiger partial charge in [-0.05, 0) is 61.9 Å². The highest BCUT2D eigenvalue weighted by atomic mass is 79.9. The predicted molar refractivity (Wildman–Crippen MR) is 120 cm³/mol. The van der Waals surface area contributed by atoms with E-state index >= 15 is 0 Å². The third-order valence-corrected chi connectivity index (χ3v) is 4.82. The van der Waals surface area contributed by atoms with Crippen molar-refractivity contribution < 1.29 is 23.9 Å². The van der Waals surface area contributed by atoms with Gasteiger partial charge in [-0.3, -0.25) is 15.0 Å². The Hall–Kier alpha value is -3.33. The summed E-state index contributed by atoms with van der Waals surface area (Å²) in [5.41, 5.74) is 7.23. The van der Waals surface area contributed by atoms with E-state index in [0.29, 0.717) is 29.3 Å². The van der Waals surface area contributed by atoms with Crippen molar-refractivity contribution in [2.24, 2.45) is 0 Å². The molecule has 0 bridgehead atoms. The number of rotatable bonds is 10. The van der Waals surface area contributed by atoms with Crippen molar-refractivity contribution in [3.63, 3.8) is 0 Å². The third kappa shape index (κ3) is 8.13. The Kier molecular flexibility index (Phi) is 9.08. The van der Waals surface area contributed by atoms with E-state index in [2.05, 4.69) is 38.7 Å². The minimum atomic E-state index is -0.423. The van der Waals surface area contributed by atoms with E-state index in [1.54, 1.807) is 37.3 Å². The molecule has 8 nitrogen and oxygen atoms in total. The van der Waals surface area contributed by atoms with Crippen LogP contribution >= 0.6 is 15.9 Å². The SMILES string of the molecule is C=C(CC(=O)Nc1ccc(C(=O)OCC)cc1)NNC(=O)COc1ccc(Br)c(C)c1. The average Bonchev–Trinajstić information content (AvgIpc) is 2.73. The Morgan fingerprint density at radius 3 is 2.39 bits per heavy atom. The van der Waals surface area contributed by atoms with Gasteiger partial charge < -0.3 is 20.2 Å². The summed E-state index contributed by atoms with van der Waals surface area (Å²) in [7, 11) is 0. The van der Waals surface area contributed by atoms with Gasteiger partial charge in [0.05, 0.1) is 18.6 Å². The zero-order valence-corrected chi connectivity index (χ0v) is 18.9. The maximum Gasteiger partial charge on any atom is 0.338 e. The monoisotopic (exact) mass is 489 g/mol. The highest BCUT2D eigenvalue weighted by Gasteiger charge is 2.09. The van der Waals surface area contributed by atoms with Crippen molar-refractivity contribution in [3.8, 4) is 5.75 Å². The molecule has 2 amide bonds. The summed E-state index contributed by atoms with van der Waals surface area (Å²) >= 11 is 3.40. The van der Waals surface area contributed by atoms with Crippen LogP contribution in [0.5, 0.6) is 5.75 Å². The molecule has 2 aromatic carbocycles. The second kappa shape index (κ2) is 11.8. The lowest BCUT2D eigenvalue weighted by molar-refractivity contribution is -0.124. The van der Waals surface area contributed by atoms with Gasteiger partial charge in [-0.2, -0.15) is 0 Å². The highest BCUT2D eigenvalue weighted by Crippen LogP contribution is 2.21. The maximum atomic E-state index is 12.1. The third-order valence-electron chi connectivity index (χ3n) is 3.93. The average molecular weight is 490 g/mol. The molecule has 0 unspecified atom stereocenters. The van der Waals surface area contributed by atoms with Crippen LogP contribution in [-0.2, 0) is 14.3 Å². The van der Waals surface area contributed by atoms with E-state index in [9.17, 15) is 14.4 Å². The fraction of sp³-hybridized carbons (Fsp3) is 0.227. The molecule has 0 saturated carbocycles. The quantitative estimate of drug-likeness (QED) is 0.348. The predicted octanol–water partition coefficient (Wildman–Crippen LogP) is 3.48. The van der Waals surface area contributed by atoms with Crippen LogP contribution in [0.25, 0.3) is 0 Å². The van der Waals surface area contributed by atoms with E-state index in [1.807, 2.05) is 19.1 Å². The van der Waals surface area contributed by atoms with Gasteiger partial charge in [-0.25, -0.2) is 4.79 Å². The number of aryl methyl sites for hydroxylation is 1. The smallest absolute Gasteiger partial charge is 0.338 e. The second-order valence-electron chi connectivity index (χ2n) is 6.50. The first-order valence-corrected chi connectivity index (χ1v) is 10.3. The highest BCUT2D eigenvalue weighted by molar-refractivity contribution is 9.10.